The van der Waals surface area contributed by atoms with Gasteiger partial charge in [0, 0.05) is 31.0 Å². The van der Waals surface area contributed by atoms with E-state index in [-0.39, 0.29) is 42.5 Å². The number of thioether (sulfide) groups is 1. The number of hydrogen-bond donors (Lipinski definition) is 1. The van der Waals surface area contributed by atoms with E-state index in [2.05, 4.69) is 10.4 Å². The third-order valence-corrected chi connectivity index (χ3v) is 6.23. The number of anilines is 1. The number of nitrogens with one attached hydrogen (secondary N) is 1. The number of nitrogens with zero attached hydrogens (tertiary/aromatic N) is 3. The van der Waals surface area contributed by atoms with E-state index < -0.39 is 17.1 Å². The summed E-state index contributed by atoms with van der Waals surface area (Å²) in [7, 11) is 0. The molecule has 1 N–H and O–H groups in total. The summed E-state index contributed by atoms with van der Waals surface area (Å²) >= 11 is 6.96. The van der Waals surface area contributed by atoms with Gasteiger partial charge in [-0.05, 0) is 41.6 Å². The van der Waals surface area contributed by atoms with Crippen molar-refractivity contribution in [1.82, 2.24) is 10.2 Å². The maximum absolute atomic E-state index is 12.6. The Bertz CT molecular complexity index is 1180. The molecule has 168 valence electrons. The Morgan fingerprint density at radius 3 is 2.55 bits per heavy atom. The van der Waals surface area contributed by atoms with Crippen LogP contribution < -0.4 is 10.3 Å². The quantitative estimate of drug-likeness (QED) is 0.633. The summed E-state index contributed by atoms with van der Waals surface area (Å²) in [6.45, 7) is 0.0828. The van der Waals surface area contributed by atoms with Crippen molar-refractivity contribution < 1.29 is 19.2 Å². The topological polar surface area (TPSA) is 99.2 Å². The van der Waals surface area contributed by atoms with Crippen molar-refractivity contribution in [2.75, 3.05) is 18.1 Å². The van der Waals surface area contributed by atoms with Gasteiger partial charge in [0.1, 0.15) is 5.71 Å². The first kappa shape index (κ1) is 22.8. The summed E-state index contributed by atoms with van der Waals surface area (Å²) in [5.41, 5.74) is 1.44. The average Bonchev–Trinajstić information content (AvgIpc) is 3.08. The molecule has 1 saturated heterocycles. The number of imide groups is 1. The first-order chi connectivity index (χ1) is 15.9. The van der Waals surface area contributed by atoms with Gasteiger partial charge < -0.3 is 5.32 Å². The molecule has 0 radical (unpaired) electrons. The summed E-state index contributed by atoms with van der Waals surface area (Å²) in [4.78, 5) is 51.0. The molecule has 10 heteroatoms. The lowest BCUT2D eigenvalue weighted by molar-refractivity contribution is -0.123. The van der Waals surface area contributed by atoms with Gasteiger partial charge in [-0.3, -0.25) is 24.1 Å². The lowest BCUT2D eigenvalue weighted by Crippen LogP contribution is -2.42. The number of rotatable bonds is 6. The number of carbonyl (C=O) groups is 4. The van der Waals surface area contributed by atoms with Gasteiger partial charge in [0.25, 0.3) is 17.1 Å². The molecular weight excluding hydrogens is 464 g/mol. The zero-order valence-electron chi connectivity index (χ0n) is 17.4. The Morgan fingerprint density at radius 2 is 1.79 bits per heavy atom. The van der Waals surface area contributed by atoms with E-state index in [0.29, 0.717) is 16.3 Å². The first-order valence-corrected chi connectivity index (χ1v) is 11.4. The molecule has 1 fully saturated rings. The van der Waals surface area contributed by atoms with Crippen molar-refractivity contribution in [3.05, 3.63) is 70.1 Å². The lowest BCUT2D eigenvalue weighted by atomic mass is 10.1. The van der Waals surface area contributed by atoms with Gasteiger partial charge in [-0.15, -0.1) is 0 Å². The molecule has 2 aliphatic heterocycles. The van der Waals surface area contributed by atoms with Crippen LogP contribution in [0.25, 0.3) is 6.08 Å². The number of carbonyl (C=O) groups excluding carboxylic acids is 4. The maximum atomic E-state index is 12.6. The van der Waals surface area contributed by atoms with E-state index in [1.165, 1.54) is 5.01 Å². The second-order valence-electron chi connectivity index (χ2n) is 7.20. The monoisotopic (exact) mass is 482 g/mol. The molecular formula is C23H19ClN4O4S. The fourth-order valence-electron chi connectivity index (χ4n) is 3.30. The van der Waals surface area contributed by atoms with E-state index >= 15 is 0 Å². The Labute approximate surface area is 199 Å². The molecule has 0 bridgehead atoms. The van der Waals surface area contributed by atoms with Crippen molar-refractivity contribution in [2.45, 2.75) is 12.8 Å². The Morgan fingerprint density at radius 1 is 1.06 bits per heavy atom. The summed E-state index contributed by atoms with van der Waals surface area (Å²) in [6, 6.07) is 15.9. The highest BCUT2D eigenvalue weighted by Gasteiger charge is 2.35. The molecule has 0 spiro atoms. The van der Waals surface area contributed by atoms with Crippen molar-refractivity contribution in [3.63, 3.8) is 0 Å². The molecule has 4 rings (SSSR count). The van der Waals surface area contributed by atoms with Crippen LogP contribution in [-0.4, -0.2) is 46.7 Å². The van der Waals surface area contributed by atoms with Crippen LogP contribution in [0.5, 0.6) is 0 Å². The molecule has 0 atom stereocenters. The molecule has 2 heterocycles. The predicted molar refractivity (Wildman–Crippen MR) is 128 cm³/mol. The summed E-state index contributed by atoms with van der Waals surface area (Å²) in [5.74, 6) is -1.07. The third kappa shape index (κ3) is 5.15. The minimum absolute atomic E-state index is 0.0187. The van der Waals surface area contributed by atoms with Gasteiger partial charge >= 0.3 is 0 Å². The van der Waals surface area contributed by atoms with Crippen molar-refractivity contribution >= 4 is 63.8 Å². The summed E-state index contributed by atoms with van der Waals surface area (Å²) in [5, 5.41) is 8.16. The molecule has 4 amide bonds. The molecule has 2 aromatic rings. The molecule has 8 nitrogen and oxygen atoms in total. The highest BCUT2D eigenvalue weighted by Crippen LogP contribution is 2.33. The molecule has 2 aromatic carbocycles. The first-order valence-electron chi connectivity index (χ1n) is 10.2. The highest BCUT2D eigenvalue weighted by atomic mass is 35.5. The van der Waals surface area contributed by atoms with Gasteiger partial charge in [0.15, 0.2) is 0 Å². The third-order valence-electron chi connectivity index (χ3n) is 4.98. The van der Waals surface area contributed by atoms with Crippen molar-refractivity contribution in [3.8, 4) is 0 Å². The zero-order valence-corrected chi connectivity index (χ0v) is 18.9. The van der Waals surface area contributed by atoms with Crippen LogP contribution in [-0.2, 0) is 14.4 Å². The molecule has 0 unspecified atom stereocenters. The van der Waals surface area contributed by atoms with Gasteiger partial charge in [0.05, 0.1) is 10.6 Å². The number of halogens is 1. The van der Waals surface area contributed by atoms with E-state index in [1.54, 1.807) is 54.6 Å². The number of amides is 4. The largest absolute Gasteiger partial charge is 0.349 e. The van der Waals surface area contributed by atoms with Crippen LogP contribution in [0.1, 0.15) is 18.4 Å². The van der Waals surface area contributed by atoms with Crippen molar-refractivity contribution in [1.29, 1.82) is 0 Å². The smallest absolute Gasteiger partial charge is 0.293 e. The van der Waals surface area contributed by atoms with Crippen LogP contribution in [0.2, 0.25) is 5.02 Å². The van der Waals surface area contributed by atoms with E-state index in [4.69, 9.17) is 11.6 Å². The number of hydrogen-bond acceptors (Lipinski definition) is 6. The van der Waals surface area contributed by atoms with Crippen LogP contribution in [0.4, 0.5) is 10.5 Å². The van der Waals surface area contributed by atoms with E-state index in [9.17, 15) is 19.2 Å². The van der Waals surface area contributed by atoms with Crippen LogP contribution in [0.3, 0.4) is 0 Å². The van der Waals surface area contributed by atoms with E-state index in [0.717, 1.165) is 16.7 Å². The second-order valence-corrected chi connectivity index (χ2v) is 8.60. The fraction of sp³-hybridized carbons (Fsp3) is 0.174. The van der Waals surface area contributed by atoms with Crippen molar-refractivity contribution in [2.24, 2.45) is 5.10 Å². The Hall–Kier alpha value is -3.43. The highest BCUT2D eigenvalue weighted by molar-refractivity contribution is 8.18. The van der Waals surface area contributed by atoms with E-state index in [1.807, 2.05) is 6.07 Å². The molecule has 0 saturated carbocycles. The molecule has 0 aromatic heterocycles. The molecule has 0 aliphatic carbocycles. The number of benzene rings is 2. The SMILES string of the molecule is O=C(NCCN1C(=O)S/C(=C\c2ccccc2Cl)C1=O)C1=NN(c2ccccc2)C(=O)CC1. The van der Waals surface area contributed by atoms with Gasteiger partial charge in [-0.25, -0.2) is 5.01 Å². The minimum Gasteiger partial charge on any atom is -0.349 e. The second kappa shape index (κ2) is 10.0. The predicted octanol–water partition coefficient (Wildman–Crippen LogP) is 3.68. The fourth-order valence-corrected chi connectivity index (χ4v) is 4.34. The van der Waals surface area contributed by atoms with Gasteiger partial charge in [-0.2, -0.15) is 5.10 Å². The average molecular weight is 483 g/mol. The molecule has 2 aliphatic rings. The zero-order chi connectivity index (χ0) is 23.4. The number of hydrazone groups is 1. The Balaban J connectivity index is 1.37. The van der Waals surface area contributed by atoms with Crippen LogP contribution in [0.15, 0.2) is 64.6 Å². The standard InChI is InChI=1S/C23H19ClN4O4S/c24-17-9-5-4-6-15(17)14-19-22(31)27(23(32)33-19)13-12-25-21(30)18-10-11-20(29)28(26-18)16-7-2-1-3-8-16/h1-9,14H,10-13H2,(H,25,30)/b19-14-. The minimum atomic E-state index is -0.443. The lowest BCUT2D eigenvalue weighted by Gasteiger charge is -2.23. The normalized spacial score (nSPS) is 17.5. The van der Waals surface area contributed by atoms with Crippen LogP contribution in [0, 0.1) is 0 Å². The summed E-state index contributed by atoms with van der Waals surface area (Å²) < 4.78 is 0. The number of para-hydroxylation sites is 1. The van der Waals surface area contributed by atoms with Gasteiger partial charge in [-0.1, -0.05) is 48.0 Å². The van der Waals surface area contributed by atoms with Crippen LogP contribution >= 0.6 is 23.4 Å². The maximum Gasteiger partial charge on any atom is 0.293 e. The Kier molecular flexibility index (Phi) is 6.90. The summed E-state index contributed by atoms with van der Waals surface area (Å²) in [6.07, 6.45) is 1.96. The molecule has 33 heavy (non-hydrogen) atoms. The van der Waals surface area contributed by atoms with Gasteiger partial charge in [0.2, 0.25) is 5.91 Å².